The predicted molar refractivity (Wildman–Crippen MR) is 65.1 cm³/mol. The van der Waals surface area contributed by atoms with Crippen molar-refractivity contribution in [3.63, 3.8) is 0 Å². The van der Waals surface area contributed by atoms with Gasteiger partial charge in [-0.3, -0.25) is 0 Å². The van der Waals surface area contributed by atoms with Crippen molar-refractivity contribution in [2.75, 3.05) is 0 Å². The van der Waals surface area contributed by atoms with Gasteiger partial charge in [0.2, 0.25) is 0 Å². The molecule has 0 spiro atoms. The van der Waals surface area contributed by atoms with Crippen LogP contribution in [0.15, 0.2) is 18.3 Å². The SMILES string of the molecule is Cn1cccc1CNC1CCCCCC1O. The summed E-state index contributed by atoms with van der Waals surface area (Å²) in [7, 11) is 2.06. The summed E-state index contributed by atoms with van der Waals surface area (Å²) in [4.78, 5) is 0. The third-order valence-corrected chi connectivity index (χ3v) is 3.58. The Morgan fingerprint density at radius 2 is 2.19 bits per heavy atom. The Morgan fingerprint density at radius 1 is 1.38 bits per heavy atom. The van der Waals surface area contributed by atoms with Crippen molar-refractivity contribution in [2.45, 2.75) is 50.8 Å². The topological polar surface area (TPSA) is 37.2 Å². The van der Waals surface area contributed by atoms with Gasteiger partial charge >= 0.3 is 0 Å². The zero-order chi connectivity index (χ0) is 11.4. The van der Waals surface area contributed by atoms with Crippen molar-refractivity contribution < 1.29 is 5.11 Å². The molecule has 3 nitrogen and oxygen atoms in total. The quantitative estimate of drug-likeness (QED) is 0.765. The van der Waals surface area contributed by atoms with Gasteiger partial charge in [-0.15, -0.1) is 0 Å². The molecule has 2 atom stereocenters. The largest absolute Gasteiger partial charge is 0.392 e. The zero-order valence-electron chi connectivity index (χ0n) is 10.0. The van der Waals surface area contributed by atoms with Crippen molar-refractivity contribution in [3.05, 3.63) is 24.0 Å². The van der Waals surface area contributed by atoms with Gasteiger partial charge in [0.1, 0.15) is 0 Å². The predicted octanol–water partition coefficient (Wildman–Crippen LogP) is 1.81. The van der Waals surface area contributed by atoms with Gasteiger partial charge in [-0.1, -0.05) is 19.3 Å². The molecule has 16 heavy (non-hydrogen) atoms. The lowest BCUT2D eigenvalue weighted by Crippen LogP contribution is -2.38. The number of aromatic nitrogens is 1. The van der Waals surface area contributed by atoms with E-state index in [4.69, 9.17) is 0 Å². The number of aliphatic hydroxyl groups excluding tert-OH is 1. The summed E-state index contributed by atoms with van der Waals surface area (Å²) < 4.78 is 2.12. The minimum atomic E-state index is -0.164. The molecule has 0 aromatic carbocycles. The molecule has 1 fully saturated rings. The van der Waals surface area contributed by atoms with Crippen LogP contribution in [0.3, 0.4) is 0 Å². The third-order valence-electron chi connectivity index (χ3n) is 3.58. The summed E-state index contributed by atoms with van der Waals surface area (Å²) >= 11 is 0. The molecule has 1 aromatic heterocycles. The van der Waals surface area contributed by atoms with Crippen LogP contribution in [-0.4, -0.2) is 21.8 Å². The van der Waals surface area contributed by atoms with E-state index in [9.17, 15) is 5.11 Å². The van der Waals surface area contributed by atoms with E-state index < -0.39 is 0 Å². The number of nitrogens with zero attached hydrogens (tertiary/aromatic N) is 1. The Kier molecular flexibility index (Phi) is 4.02. The van der Waals surface area contributed by atoms with E-state index >= 15 is 0 Å². The maximum absolute atomic E-state index is 9.98. The highest BCUT2D eigenvalue weighted by atomic mass is 16.3. The lowest BCUT2D eigenvalue weighted by Gasteiger charge is -2.21. The summed E-state index contributed by atoms with van der Waals surface area (Å²) in [5, 5.41) is 13.5. The standard InChI is InChI=1S/C13H22N2O/c1-15-9-5-6-11(15)10-14-12-7-3-2-4-8-13(12)16/h5-6,9,12-14,16H,2-4,7-8,10H2,1H3. The Hall–Kier alpha value is -0.800. The van der Waals surface area contributed by atoms with Gasteiger partial charge in [0.05, 0.1) is 6.10 Å². The molecule has 1 aromatic rings. The van der Waals surface area contributed by atoms with E-state index in [2.05, 4.69) is 35.3 Å². The fourth-order valence-corrected chi connectivity index (χ4v) is 2.44. The Balaban J connectivity index is 1.86. The van der Waals surface area contributed by atoms with E-state index in [1.807, 2.05) is 0 Å². The van der Waals surface area contributed by atoms with Crippen molar-refractivity contribution in [1.29, 1.82) is 0 Å². The van der Waals surface area contributed by atoms with Crippen LogP contribution in [0.1, 0.15) is 37.8 Å². The Labute approximate surface area is 97.5 Å². The fourth-order valence-electron chi connectivity index (χ4n) is 2.44. The lowest BCUT2D eigenvalue weighted by atomic mass is 10.1. The van der Waals surface area contributed by atoms with Gasteiger partial charge in [0.25, 0.3) is 0 Å². The maximum atomic E-state index is 9.98. The molecule has 1 saturated carbocycles. The fraction of sp³-hybridized carbons (Fsp3) is 0.692. The Morgan fingerprint density at radius 3 is 2.94 bits per heavy atom. The molecule has 1 aliphatic rings. The monoisotopic (exact) mass is 222 g/mol. The summed E-state index contributed by atoms with van der Waals surface area (Å²) in [5.74, 6) is 0. The number of aliphatic hydroxyl groups is 1. The van der Waals surface area contributed by atoms with Crippen LogP contribution >= 0.6 is 0 Å². The molecular formula is C13H22N2O. The molecule has 2 N–H and O–H groups in total. The second-order valence-corrected chi connectivity index (χ2v) is 4.80. The summed E-state index contributed by atoms with van der Waals surface area (Å²) in [6, 6.07) is 4.45. The van der Waals surface area contributed by atoms with Crippen LogP contribution in [-0.2, 0) is 13.6 Å². The number of rotatable bonds is 3. The maximum Gasteiger partial charge on any atom is 0.0693 e. The van der Waals surface area contributed by atoms with Gasteiger partial charge in [-0.2, -0.15) is 0 Å². The molecule has 0 radical (unpaired) electrons. The van der Waals surface area contributed by atoms with Crippen molar-refractivity contribution in [1.82, 2.24) is 9.88 Å². The van der Waals surface area contributed by atoms with Gasteiger partial charge in [0.15, 0.2) is 0 Å². The Bertz CT molecular complexity index is 321. The van der Waals surface area contributed by atoms with Gasteiger partial charge < -0.3 is 15.0 Å². The molecule has 2 rings (SSSR count). The highest BCUT2D eigenvalue weighted by Crippen LogP contribution is 2.18. The molecule has 2 unspecified atom stereocenters. The number of hydrogen-bond donors (Lipinski definition) is 2. The summed E-state index contributed by atoms with van der Waals surface area (Å²) in [5.41, 5.74) is 1.27. The van der Waals surface area contributed by atoms with Gasteiger partial charge in [-0.05, 0) is 25.0 Å². The van der Waals surface area contributed by atoms with Crippen molar-refractivity contribution in [2.24, 2.45) is 7.05 Å². The minimum absolute atomic E-state index is 0.164. The average Bonchev–Trinajstić information content (AvgIpc) is 2.56. The molecule has 0 bridgehead atoms. The molecular weight excluding hydrogens is 200 g/mol. The van der Waals surface area contributed by atoms with E-state index in [0.29, 0.717) is 0 Å². The van der Waals surface area contributed by atoms with Crippen LogP contribution in [0.4, 0.5) is 0 Å². The molecule has 0 aliphatic heterocycles. The van der Waals surface area contributed by atoms with Crippen molar-refractivity contribution >= 4 is 0 Å². The molecule has 1 heterocycles. The second-order valence-electron chi connectivity index (χ2n) is 4.80. The van der Waals surface area contributed by atoms with Crippen LogP contribution < -0.4 is 5.32 Å². The third kappa shape index (κ3) is 2.86. The van der Waals surface area contributed by atoms with Crippen LogP contribution in [0, 0.1) is 0 Å². The number of nitrogens with one attached hydrogen (secondary N) is 1. The van der Waals surface area contributed by atoms with E-state index in [1.165, 1.54) is 25.0 Å². The summed E-state index contributed by atoms with van der Waals surface area (Å²) in [6.45, 7) is 0.852. The first-order valence-corrected chi connectivity index (χ1v) is 6.29. The van der Waals surface area contributed by atoms with Crippen LogP contribution in [0.5, 0.6) is 0 Å². The van der Waals surface area contributed by atoms with E-state index in [1.54, 1.807) is 0 Å². The molecule has 3 heteroatoms. The van der Waals surface area contributed by atoms with Crippen LogP contribution in [0.2, 0.25) is 0 Å². The molecule has 90 valence electrons. The molecule has 1 aliphatic carbocycles. The first-order valence-electron chi connectivity index (χ1n) is 6.29. The average molecular weight is 222 g/mol. The number of hydrogen-bond acceptors (Lipinski definition) is 2. The van der Waals surface area contributed by atoms with E-state index in [0.717, 1.165) is 19.4 Å². The first kappa shape index (κ1) is 11.7. The smallest absolute Gasteiger partial charge is 0.0693 e. The zero-order valence-corrected chi connectivity index (χ0v) is 10.0. The molecule has 0 saturated heterocycles. The van der Waals surface area contributed by atoms with Crippen LogP contribution in [0.25, 0.3) is 0 Å². The van der Waals surface area contributed by atoms with Gasteiger partial charge in [-0.25, -0.2) is 0 Å². The number of aryl methyl sites for hydroxylation is 1. The van der Waals surface area contributed by atoms with Gasteiger partial charge in [0, 0.05) is 31.5 Å². The van der Waals surface area contributed by atoms with E-state index in [-0.39, 0.29) is 12.1 Å². The second kappa shape index (κ2) is 5.51. The highest BCUT2D eigenvalue weighted by Gasteiger charge is 2.20. The first-order chi connectivity index (χ1) is 7.77. The highest BCUT2D eigenvalue weighted by molar-refractivity contribution is 5.06. The minimum Gasteiger partial charge on any atom is -0.392 e. The normalized spacial score (nSPS) is 26.6. The lowest BCUT2D eigenvalue weighted by molar-refractivity contribution is 0.119. The summed E-state index contributed by atoms with van der Waals surface area (Å²) in [6.07, 6.45) is 7.62. The molecule has 0 amide bonds. The van der Waals surface area contributed by atoms with Crippen molar-refractivity contribution in [3.8, 4) is 0 Å².